The fourth-order valence-electron chi connectivity index (χ4n) is 8.53. The number of ether oxygens (including phenoxy) is 5. The first kappa shape index (κ1) is 40.5. The van der Waals surface area contributed by atoms with E-state index in [0.717, 1.165) is 45.3 Å². The van der Waals surface area contributed by atoms with Gasteiger partial charge in [0.15, 0.2) is 23.0 Å². The van der Waals surface area contributed by atoms with Gasteiger partial charge in [-0.15, -0.1) is 6.54 Å². The Kier molecular flexibility index (Phi) is 12.3. The van der Waals surface area contributed by atoms with Crippen molar-refractivity contribution in [3.05, 3.63) is 75.6 Å². The number of esters is 1. The standard InChI is InChI=1S/C38H43N5O7S.C3H6.K/c1-17-7-8-22(33(45)34(17)47-6)31-32-38(51-15-26-30-21(9-10-40-26)23-13-27(46-5)24(39)14-25(23)42-30)29-28(19(3)43(32)12-11-41-31)37-36(48-16-49-37)18(2)35(29)50-20(4)44;1-2-3-1;/h7-8,13-14,19,26,31-32,38,41-42,45H,3,9-12,15-16,39H2,1-2,4-6H3;1-3H2;/q-2;;+1. The molecule has 3 aromatic carbocycles. The molecule has 5 unspecified atom stereocenters. The Morgan fingerprint density at radius 3 is 2.58 bits per heavy atom. The fraction of sp³-hybridized carbons (Fsp3) is 0.463. The van der Waals surface area contributed by atoms with Crippen molar-refractivity contribution in [3.8, 4) is 34.5 Å². The van der Waals surface area contributed by atoms with Gasteiger partial charge in [-0.25, -0.2) is 0 Å². The van der Waals surface area contributed by atoms with E-state index in [2.05, 4.69) is 15.2 Å². The molecule has 14 heteroatoms. The Morgan fingerprint density at radius 2 is 1.87 bits per heavy atom. The number of anilines is 1. The molecular weight excluding hydrogens is 746 g/mol. The number of H-pyrrole nitrogens is 1. The number of hydrogen-bond donors (Lipinski definition) is 4. The van der Waals surface area contributed by atoms with Gasteiger partial charge in [0.2, 0.25) is 6.79 Å². The van der Waals surface area contributed by atoms with Crippen LogP contribution >= 0.6 is 11.8 Å². The number of aromatic hydroxyl groups is 1. The smallest absolute Gasteiger partial charge is 0.654 e. The molecule has 1 aliphatic carbocycles. The van der Waals surface area contributed by atoms with Gasteiger partial charge in [0.1, 0.15) is 11.5 Å². The summed E-state index contributed by atoms with van der Waals surface area (Å²) in [4.78, 5) is 18.7. The minimum atomic E-state index is -0.426. The van der Waals surface area contributed by atoms with E-state index < -0.39 is 5.97 Å². The monoisotopic (exact) mass is 794 g/mol. The third-order valence-corrected chi connectivity index (χ3v) is 12.5. The van der Waals surface area contributed by atoms with Crippen LogP contribution in [0.5, 0.6) is 34.5 Å². The van der Waals surface area contributed by atoms with E-state index in [4.69, 9.17) is 41.7 Å². The number of carbonyl (C=O) groups excluding carboxylic acids is 1. The van der Waals surface area contributed by atoms with Crippen molar-refractivity contribution in [2.24, 2.45) is 0 Å². The number of carbonyl (C=O) groups is 1. The van der Waals surface area contributed by atoms with E-state index in [1.807, 2.05) is 38.1 Å². The molecule has 1 saturated heterocycles. The first-order valence-corrected chi connectivity index (χ1v) is 19.8. The summed E-state index contributed by atoms with van der Waals surface area (Å²) in [5.74, 6) is 3.10. The number of piperazine rings is 1. The number of methoxy groups -OCH3 is 2. The maximum Gasteiger partial charge on any atom is 1.00 e. The minimum Gasteiger partial charge on any atom is -0.654 e. The van der Waals surface area contributed by atoms with E-state index in [9.17, 15) is 9.90 Å². The van der Waals surface area contributed by atoms with Crippen LogP contribution in [0.1, 0.15) is 88.6 Å². The van der Waals surface area contributed by atoms with Crippen molar-refractivity contribution < 1.29 is 85.0 Å². The Bertz CT molecular complexity index is 2100. The van der Waals surface area contributed by atoms with Gasteiger partial charge in [-0.05, 0) is 54.8 Å². The van der Waals surface area contributed by atoms with Crippen molar-refractivity contribution in [2.75, 3.05) is 52.1 Å². The molecule has 4 aromatic rings. The average Bonchev–Trinajstić information content (AvgIpc) is 3.89. The molecule has 9 rings (SSSR count). The number of nitrogens with one attached hydrogen (secondary N) is 2. The molecule has 1 saturated carbocycles. The zero-order chi connectivity index (χ0) is 37.8. The Labute approximate surface area is 369 Å². The van der Waals surface area contributed by atoms with Gasteiger partial charge < -0.3 is 62.0 Å². The molecule has 0 radical (unpaired) electrons. The van der Waals surface area contributed by atoms with E-state index in [1.54, 1.807) is 26.0 Å². The topological polar surface area (TPSA) is 155 Å². The SMILES string of the molecule is C1CC1.[CH2-]C1c2c3c(c(C)c(OC(C)=O)c2C(SCC2[N-]CCc4c2[nH]c2cc(N)c(OC)cc42)C2C(c4ccc(C)c(OC)c4O)NCCN12)OCO3.[K+]. The van der Waals surface area contributed by atoms with Crippen LogP contribution in [-0.4, -0.2) is 73.4 Å². The number of phenolic OH excluding ortho intramolecular Hbond substituents is 1. The van der Waals surface area contributed by atoms with Crippen LogP contribution in [0.3, 0.4) is 0 Å². The number of aromatic amines is 1. The molecular formula is C41H49KN5O7S-. The number of nitrogens with two attached hydrogens (primary N) is 1. The van der Waals surface area contributed by atoms with E-state index >= 15 is 0 Å². The van der Waals surface area contributed by atoms with Crippen LogP contribution in [0.4, 0.5) is 5.69 Å². The van der Waals surface area contributed by atoms with Gasteiger partial charge in [-0.3, -0.25) is 4.79 Å². The van der Waals surface area contributed by atoms with Crippen molar-refractivity contribution in [1.29, 1.82) is 0 Å². The summed E-state index contributed by atoms with van der Waals surface area (Å²) in [5.41, 5.74) is 14.1. The molecule has 12 nitrogen and oxygen atoms in total. The third kappa shape index (κ3) is 7.36. The third-order valence-electron chi connectivity index (χ3n) is 11.1. The molecule has 288 valence electrons. The van der Waals surface area contributed by atoms with Crippen LogP contribution in [0, 0.1) is 20.8 Å². The summed E-state index contributed by atoms with van der Waals surface area (Å²) in [7, 11) is 3.20. The molecule has 4 aliphatic heterocycles. The van der Waals surface area contributed by atoms with Crippen LogP contribution in [-0.2, 0) is 11.2 Å². The number of rotatable bonds is 7. The summed E-state index contributed by atoms with van der Waals surface area (Å²) in [6, 6.07) is 6.85. The number of aryl methyl sites for hydroxylation is 1. The zero-order valence-electron chi connectivity index (χ0n) is 32.5. The molecule has 1 aromatic heterocycles. The van der Waals surface area contributed by atoms with Gasteiger partial charge in [-0.1, -0.05) is 43.5 Å². The molecule has 5 atom stereocenters. The predicted molar refractivity (Wildman–Crippen MR) is 210 cm³/mol. The normalized spacial score (nSPS) is 23.3. The van der Waals surface area contributed by atoms with Crippen molar-refractivity contribution in [2.45, 2.75) is 75.9 Å². The van der Waals surface area contributed by atoms with Gasteiger partial charge >= 0.3 is 57.4 Å². The molecule has 2 fully saturated rings. The zero-order valence-corrected chi connectivity index (χ0v) is 36.5. The molecule has 5 aliphatic rings. The number of hydrogen-bond acceptors (Lipinski definition) is 11. The Hall–Kier alpha value is -2.66. The second-order valence-electron chi connectivity index (χ2n) is 14.6. The largest absolute Gasteiger partial charge is 1.00 e. The molecule has 0 spiro atoms. The summed E-state index contributed by atoms with van der Waals surface area (Å²) < 4.78 is 29.4. The average molecular weight is 795 g/mol. The van der Waals surface area contributed by atoms with Crippen molar-refractivity contribution in [1.82, 2.24) is 15.2 Å². The Balaban J connectivity index is 0.00000111. The maximum atomic E-state index is 12.7. The summed E-state index contributed by atoms with van der Waals surface area (Å²) >= 11 is 1.76. The first-order valence-electron chi connectivity index (χ1n) is 18.7. The number of nitrogens with zero attached hydrogens (tertiary/aromatic N) is 2. The summed E-state index contributed by atoms with van der Waals surface area (Å²) in [5, 5.41) is 21.3. The maximum absolute atomic E-state index is 12.7. The van der Waals surface area contributed by atoms with Crippen LogP contribution < -0.4 is 86.1 Å². The second-order valence-corrected chi connectivity index (χ2v) is 15.8. The van der Waals surface area contributed by atoms with Crippen LogP contribution in [0.2, 0.25) is 0 Å². The van der Waals surface area contributed by atoms with Gasteiger partial charge in [0.25, 0.3) is 0 Å². The first-order chi connectivity index (χ1) is 26.1. The van der Waals surface area contributed by atoms with Crippen LogP contribution in [0.15, 0.2) is 24.3 Å². The minimum absolute atomic E-state index is 0. The summed E-state index contributed by atoms with van der Waals surface area (Å²) in [6.07, 6.45) is 5.31. The molecule has 55 heavy (non-hydrogen) atoms. The van der Waals surface area contributed by atoms with Crippen molar-refractivity contribution in [3.63, 3.8) is 0 Å². The molecule has 5 heterocycles. The fourth-order valence-corrected chi connectivity index (χ4v) is 10.1. The summed E-state index contributed by atoms with van der Waals surface area (Å²) in [6.45, 7) is 12.0. The van der Waals surface area contributed by atoms with E-state index in [0.29, 0.717) is 65.4 Å². The van der Waals surface area contributed by atoms with E-state index in [1.165, 1.54) is 31.7 Å². The number of thioether (sulfide) groups is 1. The van der Waals surface area contributed by atoms with E-state index in [-0.39, 0.29) is 93.3 Å². The van der Waals surface area contributed by atoms with Crippen LogP contribution in [0.25, 0.3) is 16.2 Å². The van der Waals surface area contributed by atoms with Gasteiger partial charge in [0, 0.05) is 59.3 Å². The van der Waals surface area contributed by atoms with Gasteiger partial charge in [0.05, 0.1) is 31.2 Å². The molecule has 0 amide bonds. The number of nitrogen functional groups attached to an aromatic ring is 1. The quantitative estimate of drug-likeness (QED) is 0.0698. The van der Waals surface area contributed by atoms with Crippen molar-refractivity contribution >= 4 is 34.3 Å². The van der Waals surface area contributed by atoms with Gasteiger partial charge in [-0.2, -0.15) is 11.8 Å². The number of benzene rings is 3. The predicted octanol–water partition coefficient (Wildman–Crippen LogP) is 4.27. The molecule has 0 bridgehead atoms. The number of fused-ring (bicyclic) bond motifs is 7. The molecule has 5 N–H and O–H groups in total. The number of aromatic nitrogens is 1. The number of phenols is 1. The second kappa shape index (κ2) is 16.7. The Morgan fingerprint density at radius 1 is 1.11 bits per heavy atom.